The fourth-order valence-electron chi connectivity index (χ4n) is 7.87. The summed E-state index contributed by atoms with van der Waals surface area (Å²) in [4.78, 5) is 15.9. The van der Waals surface area contributed by atoms with E-state index in [9.17, 15) is 0 Å². The average Bonchev–Trinajstić information content (AvgIpc) is 3.83. The van der Waals surface area contributed by atoms with E-state index in [1.54, 1.807) is 11.3 Å². The van der Waals surface area contributed by atoms with Crippen LogP contribution in [-0.4, -0.2) is 15.0 Å². The topological polar surface area (TPSA) is 51.8 Å². The van der Waals surface area contributed by atoms with E-state index in [1.807, 2.05) is 18.2 Å². The molecule has 4 nitrogen and oxygen atoms in total. The molecular formula is C49H29N3OS. The molecule has 0 fully saturated rings. The Morgan fingerprint density at radius 2 is 0.926 bits per heavy atom. The molecule has 54 heavy (non-hydrogen) atoms. The number of hydrogen-bond acceptors (Lipinski definition) is 5. The Labute approximate surface area is 314 Å². The van der Waals surface area contributed by atoms with Gasteiger partial charge in [0, 0.05) is 53.0 Å². The van der Waals surface area contributed by atoms with Crippen LogP contribution in [0.1, 0.15) is 0 Å². The van der Waals surface area contributed by atoms with Gasteiger partial charge in [0.15, 0.2) is 17.5 Å². The third kappa shape index (κ3) is 4.94. The second-order valence-corrected chi connectivity index (χ2v) is 14.6. The normalized spacial score (nSPS) is 11.7. The van der Waals surface area contributed by atoms with Gasteiger partial charge in [0.05, 0.1) is 0 Å². The SMILES string of the molecule is c1ccc(-c2cccc(-c3nc(-c4cccc5oc6c7ccccc7c(-c7ccccc7)cc6c45)nc(-c4cccc5sc6ccccc6c45)n3)c2)cc1. The maximum absolute atomic E-state index is 6.74. The molecular weight excluding hydrogens is 679 g/mol. The van der Waals surface area contributed by atoms with Crippen molar-refractivity contribution >= 4 is 64.2 Å². The quantitative estimate of drug-likeness (QED) is 0.179. The molecule has 0 aliphatic rings. The molecule has 11 rings (SSSR count). The summed E-state index contributed by atoms with van der Waals surface area (Å²) in [6.45, 7) is 0. The van der Waals surface area contributed by atoms with Gasteiger partial charge < -0.3 is 4.42 Å². The highest BCUT2D eigenvalue weighted by Gasteiger charge is 2.22. The lowest BCUT2D eigenvalue weighted by molar-refractivity contribution is 0.673. The molecule has 0 spiro atoms. The number of furan rings is 1. The van der Waals surface area contributed by atoms with Crippen molar-refractivity contribution in [1.82, 2.24) is 15.0 Å². The summed E-state index contributed by atoms with van der Waals surface area (Å²) in [5.74, 6) is 1.85. The van der Waals surface area contributed by atoms with E-state index < -0.39 is 0 Å². The van der Waals surface area contributed by atoms with Crippen LogP contribution in [0.3, 0.4) is 0 Å². The predicted octanol–water partition coefficient (Wildman–Crippen LogP) is 13.6. The van der Waals surface area contributed by atoms with E-state index in [0.29, 0.717) is 17.5 Å². The minimum Gasteiger partial charge on any atom is -0.455 e. The second-order valence-electron chi connectivity index (χ2n) is 13.5. The van der Waals surface area contributed by atoms with Crippen molar-refractivity contribution in [3.8, 4) is 56.4 Å². The molecule has 0 aliphatic heterocycles. The molecule has 252 valence electrons. The first-order chi connectivity index (χ1) is 26.8. The Morgan fingerprint density at radius 1 is 0.352 bits per heavy atom. The zero-order valence-electron chi connectivity index (χ0n) is 28.9. The molecule has 0 radical (unpaired) electrons. The van der Waals surface area contributed by atoms with Crippen molar-refractivity contribution in [2.45, 2.75) is 0 Å². The number of thiophene rings is 1. The Bertz CT molecular complexity index is 3220. The predicted molar refractivity (Wildman–Crippen MR) is 225 cm³/mol. The third-order valence-corrected chi connectivity index (χ3v) is 11.5. The largest absolute Gasteiger partial charge is 0.455 e. The van der Waals surface area contributed by atoms with Crippen LogP contribution in [0.5, 0.6) is 0 Å². The van der Waals surface area contributed by atoms with Crippen LogP contribution < -0.4 is 0 Å². The molecule has 0 N–H and O–H groups in total. The van der Waals surface area contributed by atoms with Gasteiger partial charge in [0.25, 0.3) is 0 Å². The highest BCUT2D eigenvalue weighted by atomic mass is 32.1. The van der Waals surface area contributed by atoms with Crippen LogP contribution in [-0.2, 0) is 0 Å². The fourth-order valence-corrected chi connectivity index (χ4v) is 9.00. The molecule has 0 unspecified atom stereocenters. The minimum atomic E-state index is 0.597. The van der Waals surface area contributed by atoms with Crippen LogP contribution >= 0.6 is 11.3 Å². The van der Waals surface area contributed by atoms with Crippen molar-refractivity contribution in [3.63, 3.8) is 0 Å². The lowest BCUT2D eigenvalue weighted by Gasteiger charge is -2.11. The van der Waals surface area contributed by atoms with Crippen molar-refractivity contribution in [1.29, 1.82) is 0 Å². The lowest BCUT2D eigenvalue weighted by Crippen LogP contribution is -2.01. The number of fused-ring (bicyclic) bond motifs is 8. The van der Waals surface area contributed by atoms with Crippen LogP contribution in [0.25, 0.3) is 109 Å². The molecule has 5 heteroatoms. The van der Waals surface area contributed by atoms with E-state index >= 15 is 0 Å². The van der Waals surface area contributed by atoms with E-state index in [0.717, 1.165) is 77.0 Å². The number of aromatic nitrogens is 3. The Morgan fingerprint density at radius 3 is 1.72 bits per heavy atom. The van der Waals surface area contributed by atoms with Gasteiger partial charge in [-0.05, 0) is 58.0 Å². The van der Waals surface area contributed by atoms with Crippen molar-refractivity contribution < 1.29 is 4.42 Å². The number of rotatable bonds is 5. The molecule has 0 bridgehead atoms. The molecule has 0 saturated heterocycles. The van der Waals surface area contributed by atoms with Crippen LogP contribution in [0, 0.1) is 0 Å². The van der Waals surface area contributed by atoms with Gasteiger partial charge in [-0.2, -0.15) is 0 Å². The summed E-state index contributed by atoms with van der Waals surface area (Å²) in [5.41, 5.74) is 8.99. The Hall–Kier alpha value is -6.95. The number of nitrogens with zero attached hydrogens (tertiary/aromatic N) is 3. The zero-order valence-corrected chi connectivity index (χ0v) is 29.7. The molecule has 0 saturated carbocycles. The first kappa shape index (κ1) is 30.7. The van der Waals surface area contributed by atoms with Gasteiger partial charge in [-0.25, -0.2) is 15.0 Å². The molecule has 11 aromatic rings. The maximum atomic E-state index is 6.74. The monoisotopic (exact) mass is 707 g/mol. The van der Waals surface area contributed by atoms with E-state index in [1.165, 1.54) is 14.8 Å². The maximum Gasteiger partial charge on any atom is 0.164 e. The molecule has 8 aromatic carbocycles. The molecule has 0 atom stereocenters. The summed E-state index contributed by atoms with van der Waals surface area (Å²) in [6, 6.07) is 61.4. The van der Waals surface area contributed by atoms with Crippen LogP contribution in [0.4, 0.5) is 0 Å². The summed E-state index contributed by atoms with van der Waals surface area (Å²) in [6.07, 6.45) is 0. The van der Waals surface area contributed by atoms with Gasteiger partial charge in [-0.15, -0.1) is 11.3 Å². The zero-order chi connectivity index (χ0) is 35.6. The number of benzene rings is 8. The summed E-state index contributed by atoms with van der Waals surface area (Å²) >= 11 is 1.79. The van der Waals surface area contributed by atoms with Crippen molar-refractivity contribution in [2.75, 3.05) is 0 Å². The highest BCUT2D eigenvalue weighted by Crippen LogP contribution is 2.44. The highest BCUT2D eigenvalue weighted by molar-refractivity contribution is 7.25. The number of hydrogen-bond donors (Lipinski definition) is 0. The van der Waals surface area contributed by atoms with E-state index in [2.05, 4.69) is 158 Å². The van der Waals surface area contributed by atoms with Crippen LogP contribution in [0.15, 0.2) is 180 Å². The Kier molecular flexibility index (Phi) is 7.00. The molecule has 3 heterocycles. The van der Waals surface area contributed by atoms with Gasteiger partial charge in [0.2, 0.25) is 0 Å². The van der Waals surface area contributed by atoms with Crippen LogP contribution in [0.2, 0.25) is 0 Å². The first-order valence-corrected chi connectivity index (χ1v) is 18.8. The smallest absolute Gasteiger partial charge is 0.164 e. The molecule has 0 aliphatic carbocycles. The standard InChI is InChI=1S/C49H29N3OS/c1-3-14-30(15-4-1)32-18-11-19-33(28-32)47-50-48(52-49(51-47)38-24-13-27-43-45(38)36-22-9-10-26-42(36)54-43)37-23-12-25-41-44(37)40-29-39(31-16-5-2-6-17-31)34-20-7-8-21-35(34)46(40)53-41/h1-29H. The molecule has 0 amide bonds. The summed E-state index contributed by atoms with van der Waals surface area (Å²) in [7, 11) is 0. The first-order valence-electron chi connectivity index (χ1n) is 18.0. The summed E-state index contributed by atoms with van der Waals surface area (Å²) in [5, 5.41) is 6.59. The third-order valence-electron chi connectivity index (χ3n) is 10.3. The minimum absolute atomic E-state index is 0.597. The van der Waals surface area contributed by atoms with Gasteiger partial charge >= 0.3 is 0 Å². The average molecular weight is 708 g/mol. The molecule has 3 aromatic heterocycles. The Balaban J connectivity index is 1.21. The van der Waals surface area contributed by atoms with Crippen molar-refractivity contribution in [2.24, 2.45) is 0 Å². The summed E-state index contributed by atoms with van der Waals surface area (Å²) < 4.78 is 9.18. The lowest BCUT2D eigenvalue weighted by atomic mass is 9.94. The second kappa shape index (κ2) is 12.3. The van der Waals surface area contributed by atoms with Gasteiger partial charge in [-0.3, -0.25) is 0 Å². The van der Waals surface area contributed by atoms with Gasteiger partial charge in [0.1, 0.15) is 11.2 Å². The van der Waals surface area contributed by atoms with Crippen molar-refractivity contribution in [3.05, 3.63) is 176 Å². The fraction of sp³-hybridized carbons (Fsp3) is 0. The van der Waals surface area contributed by atoms with E-state index in [4.69, 9.17) is 19.4 Å². The van der Waals surface area contributed by atoms with Gasteiger partial charge in [-0.1, -0.05) is 146 Å². The van der Waals surface area contributed by atoms with E-state index in [-0.39, 0.29) is 0 Å².